The van der Waals surface area contributed by atoms with Crippen LogP contribution in [0.1, 0.15) is 5.56 Å². The number of benzene rings is 2. The summed E-state index contributed by atoms with van der Waals surface area (Å²) in [5.74, 6) is -0.907. The smallest absolute Gasteiger partial charge is 0.355 e. The number of ether oxygens (including phenoxy) is 3. The normalized spacial score (nSPS) is 13.1. The number of carbonyl (C=O) groups excluding carboxylic acids is 2. The van der Waals surface area contributed by atoms with Crippen LogP contribution < -0.4 is 9.64 Å². The number of rotatable bonds is 6. The lowest BCUT2D eigenvalue weighted by Gasteiger charge is -2.25. The highest BCUT2D eigenvalue weighted by atomic mass is 35.5. The molecule has 0 bridgehead atoms. The van der Waals surface area contributed by atoms with Gasteiger partial charge in [0.05, 0.1) is 25.5 Å². The van der Waals surface area contributed by atoms with Crippen LogP contribution in [-0.4, -0.2) is 26.2 Å². The summed E-state index contributed by atoms with van der Waals surface area (Å²) in [7, 11) is 2.49. The molecule has 3 rings (SSSR count). The van der Waals surface area contributed by atoms with Crippen molar-refractivity contribution in [3.63, 3.8) is 0 Å². The minimum atomic E-state index is -0.708. The van der Waals surface area contributed by atoms with Crippen molar-refractivity contribution >= 4 is 29.2 Å². The maximum absolute atomic E-state index is 12.6. The molecular formula is C23H20ClNO5. The number of hydrogen-bond donors (Lipinski definition) is 0. The first-order chi connectivity index (χ1) is 14.5. The third-order valence-corrected chi connectivity index (χ3v) is 4.54. The molecule has 0 aromatic heterocycles. The maximum Gasteiger partial charge on any atom is 0.355 e. The molecular weight excluding hydrogens is 406 g/mol. The zero-order valence-electron chi connectivity index (χ0n) is 16.5. The molecule has 0 N–H and O–H groups in total. The van der Waals surface area contributed by atoms with Crippen LogP contribution in [0.4, 0.5) is 5.69 Å². The number of halogens is 1. The molecule has 0 saturated carbocycles. The molecule has 0 spiro atoms. The number of esters is 2. The van der Waals surface area contributed by atoms with Gasteiger partial charge in [0.2, 0.25) is 0 Å². The first kappa shape index (κ1) is 21.2. The van der Waals surface area contributed by atoms with Gasteiger partial charge in [-0.2, -0.15) is 0 Å². The Bertz CT molecular complexity index is 1030. The number of anilines is 1. The third-order valence-electron chi connectivity index (χ3n) is 4.31. The molecule has 0 radical (unpaired) electrons. The summed E-state index contributed by atoms with van der Waals surface area (Å²) in [6, 6.07) is 14.7. The van der Waals surface area contributed by atoms with Crippen LogP contribution in [0.2, 0.25) is 5.02 Å². The fourth-order valence-corrected chi connectivity index (χ4v) is 3.05. The summed E-state index contributed by atoms with van der Waals surface area (Å²) in [4.78, 5) is 26.5. The predicted octanol–water partition coefficient (Wildman–Crippen LogP) is 4.41. The van der Waals surface area contributed by atoms with Crippen molar-refractivity contribution in [2.75, 3.05) is 19.1 Å². The fourth-order valence-electron chi connectivity index (χ4n) is 2.89. The Hall–Kier alpha value is -3.51. The van der Waals surface area contributed by atoms with Gasteiger partial charge in [0.15, 0.2) is 0 Å². The molecule has 30 heavy (non-hydrogen) atoms. The Balaban J connectivity index is 2.08. The first-order valence-corrected chi connectivity index (χ1v) is 9.44. The van der Waals surface area contributed by atoms with Crippen LogP contribution >= 0.6 is 11.6 Å². The van der Waals surface area contributed by atoms with Crippen molar-refractivity contribution in [3.05, 3.63) is 94.8 Å². The third kappa shape index (κ3) is 4.72. The number of nitrogens with zero attached hydrogens (tertiary/aromatic N) is 1. The average molecular weight is 426 g/mol. The highest BCUT2D eigenvalue weighted by Crippen LogP contribution is 2.36. The fraction of sp³-hybridized carbons (Fsp3) is 0.130. The van der Waals surface area contributed by atoms with Crippen molar-refractivity contribution in [3.8, 4) is 5.75 Å². The van der Waals surface area contributed by atoms with Gasteiger partial charge >= 0.3 is 11.9 Å². The van der Waals surface area contributed by atoms with Gasteiger partial charge in [0.1, 0.15) is 18.1 Å². The lowest BCUT2D eigenvalue weighted by molar-refractivity contribution is -0.139. The van der Waals surface area contributed by atoms with Crippen molar-refractivity contribution in [2.45, 2.75) is 6.61 Å². The van der Waals surface area contributed by atoms with Crippen molar-refractivity contribution < 1.29 is 23.8 Å². The molecule has 7 heteroatoms. The monoisotopic (exact) mass is 425 g/mol. The van der Waals surface area contributed by atoms with E-state index in [1.807, 2.05) is 30.3 Å². The largest absolute Gasteiger partial charge is 0.487 e. The minimum Gasteiger partial charge on any atom is -0.487 e. The lowest BCUT2D eigenvalue weighted by atomic mass is 10.1. The second kappa shape index (κ2) is 9.80. The van der Waals surface area contributed by atoms with Crippen molar-refractivity contribution in [2.24, 2.45) is 0 Å². The molecule has 1 aliphatic heterocycles. The Labute approximate surface area is 179 Å². The van der Waals surface area contributed by atoms with E-state index in [1.165, 1.54) is 25.2 Å². The standard InChI is InChI=1S/C23H20ClNO5/c1-28-22(26)18-10-6-7-13-25(21(18)23(27)29-2)19-14-17(24)11-12-20(19)30-15-16-8-4-3-5-9-16/h3-14H,15H2,1-2H3. The highest BCUT2D eigenvalue weighted by molar-refractivity contribution is 6.31. The quantitative estimate of drug-likeness (QED) is 0.639. The minimum absolute atomic E-state index is 0.0128. The van der Waals surface area contributed by atoms with Gasteiger partial charge in [-0.25, -0.2) is 9.59 Å². The second-order valence-electron chi connectivity index (χ2n) is 6.20. The molecule has 0 fully saturated rings. The van der Waals surface area contributed by atoms with E-state index in [1.54, 1.807) is 36.6 Å². The van der Waals surface area contributed by atoms with E-state index in [-0.39, 0.29) is 11.3 Å². The Morgan fingerprint density at radius 2 is 1.70 bits per heavy atom. The van der Waals surface area contributed by atoms with Crippen LogP contribution in [0, 0.1) is 0 Å². The van der Waals surface area contributed by atoms with Gasteiger partial charge in [-0.1, -0.05) is 48.0 Å². The summed E-state index contributed by atoms with van der Waals surface area (Å²) in [5.41, 5.74) is 1.48. The summed E-state index contributed by atoms with van der Waals surface area (Å²) >= 11 is 6.24. The van der Waals surface area contributed by atoms with Gasteiger partial charge in [-0.15, -0.1) is 0 Å². The van der Waals surface area contributed by atoms with Crippen molar-refractivity contribution in [1.82, 2.24) is 0 Å². The first-order valence-electron chi connectivity index (χ1n) is 9.06. The number of hydrogen-bond acceptors (Lipinski definition) is 6. The number of allylic oxidation sites excluding steroid dienone is 2. The molecule has 0 atom stereocenters. The average Bonchev–Trinajstić information content (AvgIpc) is 3.00. The Kier molecular flexibility index (Phi) is 6.93. The van der Waals surface area contributed by atoms with Gasteiger partial charge in [0.25, 0.3) is 0 Å². The topological polar surface area (TPSA) is 65.1 Å². The Morgan fingerprint density at radius 3 is 2.40 bits per heavy atom. The molecule has 1 heterocycles. The molecule has 1 aliphatic rings. The lowest BCUT2D eigenvalue weighted by Crippen LogP contribution is -2.27. The van der Waals surface area contributed by atoms with Gasteiger partial charge < -0.3 is 19.1 Å². The predicted molar refractivity (Wildman–Crippen MR) is 114 cm³/mol. The Morgan fingerprint density at radius 1 is 0.967 bits per heavy atom. The van der Waals surface area contributed by atoms with E-state index in [4.69, 9.17) is 25.8 Å². The molecule has 6 nitrogen and oxygen atoms in total. The highest BCUT2D eigenvalue weighted by Gasteiger charge is 2.29. The molecule has 0 saturated heterocycles. The molecule has 2 aromatic carbocycles. The summed E-state index contributed by atoms with van der Waals surface area (Å²) in [6.07, 6.45) is 6.42. The van der Waals surface area contributed by atoms with Crippen LogP contribution in [0.5, 0.6) is 5.75 Å². The van der Waals surface area contributed by atoms with Gasteiger partial charge in [-0.3, -0.25) is 0 Å². The second-order valence-corrected chi connectivity index (χ2v) is 6.64. The molecule has 0 unspecified atom stereocenters. The van der Waals surface area contributed by atoms with Gasteiger partial charge in [-0.05, 0) is 35.9 Å². The molecule has 154 valence electrons. The van der Waals surface area contributed by atoms with Crippen molar-refractivity contribution in [1.29, 1.82) is 0 Å². The van der Waals surface area contributed by atoms with Gasteiger partial charge in [0, 0.05) is 11.2 Å². The van der Waals surface area contributed by atoms with E-state index < -0.39 is 11.9 Å². The van der Waals surface area contributed by atoms with Crippen LogP contribution in [0.3, 0.4) is 0 Å². The van der Waals surface area contributed by atoms with E-state index in [0.717, 1.165) is 5.56 Å². The zero-order valence-corrected chi connectivity index (χ0v) is 17.3. The zero-order chi connectivity index (χ0) is 21.5. The van der Waals surface area contributed by atoms with Crippen LogP contribution in [0.25, 0.3) is 0 Å². The molecule has 0 amide bonds. The summed E-state index contributed by atoms with van der Waals surface area (Å²) in [5, 5.41) is 0.437. The van der Waals surface area contributed by atoms with E-state index in [9.17, 15) is 9.59 Å². The number of carbonyl (C=O) groups is 2. The van der Waals surface area contributed by atoms with E-state index >= 15 is 0 Å². The summed E-state index contributed by atoms with van der Waals surface area (Å²) in [6.45, 7) is 0.312. The van der Waals surface area contributed by atoms with Crippen LogP contribution in [0.15, 0.2) is 84.2 Å². The maximum atomic E-state index is 12.6. The van der Waals surface area contributed by atoms with E-state index in [0.29, 0.717) is 23.1 Å². The SMILES string of the molecule is COC(=O)C1=C(C(=O)OC)N(c2cc(Cl)ccc2OCc2ccccc2)C=CC=C1. The summed E-state index contributed by atoms with van der Waals surface area (Å²) < 4.78 is 15.8. The van der Waals surface area contributed by atoms with Crippen LogP contribution in [-0.2, 0) is 25.7 Å². The number of methoxy groups -OCH3 is 2. The van der Waals surface area contributed by atoms with E-state index in [2.05, 4.69) is 0 Å². The molecule has 0 aliphatic carbocycles. The molecule has 2 aromatic rings.